The molecule has 3 aromatic rings. The number of hydrogen-bond donors (Lipinski definition) is 0. The molecule has 1 aromatic carbocycles. The number of piperidine rings is 1. The normalized spacial score (nSPS) is 16.0. The molecule has 1 fully saturated rings. The highest BCUT2D eigenvalue weighted by atomic mass is 19.1. The first-order valence-corrected chi connectivity index (χ1v) is 11.5. The molecular weight excluding hydrogens is 419 g/mol. The van der Waals surface area contributed by atoms with Crippen LogP contribution in [0.15, 0.2) is 48.9 Å². The maximum atomic E-state index is 14.2. The van der Waals surface area contributed by atoms with Crippen LogP contribution in [0.5, 0.6) is 5.75 Å². The van der Waals surface area contributed by atoms with Gasteiger partial charge >= 0.3 is 0 Å². The topological polar surface area (TPSA) is 68.2 Å². The third-order valence-electron chi connectivity index (χ3n) is 6.04. The molecule has 0 spiro atoms. The van der Waals surface area contributed by atoms with Gasteiger partial charge < -0.3 is 9.64 Å². The second-order valence-electron chi connectivity index (χ2n) is 8.32. The molecule has 33 heavy (non-hydrogen) atoms. The zero-order chi connectivity index (χ0) is 23.2. The lowest BCUT2D eigenvalue weighted by atomic mass is 9.93. The summed E-state index contributed by atoms with van der Waals surface area (Å²) in [6.07, 6.45) is 10.0. The van der Waals surface area contributed by atoms with Crippen molar-refractivity contribution in [3.8, 4) is 16.9 Å². The predicted octanol–water partition coefficient (Wildman–Crippen LogP) is 4.94. The van der Waals surface area contributed by atoms with E-state index < -0.39 is 5.82 Å². The van der Waals surface area contributed by atoms with E-state index in [4.69, 9.17) is 9.72 Å². The first kappa shape index (κ1) is 22.8. The van der Waals surface area contributed by atoms with E-state index in [2.05, 4.69) is 16.9 Å². The van der Waals surface area contributed by atoms with Gasteiger partial charge in [0, 0.05) is 37.1 Å². The molecular formula is C26H29FN4O2. The molecule has 1 aliphatic heterocycles. The van der Waals surface area contributed by atoms with Crippen molar-refractivity contribution in [2.75, 3.05) is 13.7 Å². The van der Waals surface area contributed by atoms with Crippen molar-refractivity contribution in [3.63, 3.8) is 0 Å². The van der Waals surface area contributed by atoms with Crippen LogP contribution in [0.25, 0.3) is 11.1 Å². The van der Waals surface area contributed by atoms with Gasteiger partial charge in [-0.15, -0.1) is 0 Å². The molecule has 2 aromatic heterocycles. The molecule has 1 saturated heterocycles. The molecule has 1 amide bonds. The third kappa shape index (κ3) is 5.18. The quantitative estimate of drug-likeness (QED) is 0.512. The fraction of sp³-hybridized carbons (Fsp3) is 0.385. The average Bonchev–Trinajstić information content (AvgIpc) is 2.85. The number of carbonyl (C=O) groups excluding carboxylic acids is 1. The Bertz CT molecular complexity index is 1110. The number of aromatic nitrogens is 3. The molecule has 0 N–H and O–H groups in total. The highest BCUT2D eigenvalue weighted by Crippen LogP contribution is 2.36. The van der Waals surface area contributed by atoms with E-state index in [9.17, 15) is 9.18 Å². The highest BCUT2D eigenvalue weighted by Gasteiger charge is 2.31. The van der Waals surface area contributed by atoms with Gasteiger partial charge in [-0.2, -0.15) is 0 Å². The number of aryl methyl sites for hydroxylation is 1. The van der Waals surface area contributed by atoms with Crippen LogP contribution in [0, 0.1) is 5.82 Å². The second kappa shape index (κ2) is 10.5. The largest absolute Gasteiger partial charge is 0.494 e. The Morgan fingerprint density at radius 1 is 1.21 bits per heavy atom. The first-order chi connectivity index (χ1) is 16.1. The lowest BCUT2D eigenvalue weighted by Gasteiger charge is -2.36. The molecule has 0 unspecified atom stereocenters. The monoisotopic (exact) mass is 448 g/mol. The van der Waals surface area contributed by atoms with Crippen molar-refractivity contribution in [1.82, 2.24) is 19.9 Å². The Balaban J connectivity index is 1.67. The van der Waals surface area contributed by atoms with Crippen LogP contribution in [0.1, 0.15) is 55.7 Å². The summed E-state index contributed by atoms with van der Waals surface area (Å²) in [5.74, 6) is 0.479. The van der Waals surface area contributed by atoms with Crippen molar-refractivity contribution >= 4 is 5.91 Å². The minimum atomic E-state index is -0.460. The van der Waals surface area contributed by atoms with Gasteiger partial charge in [-0.25, -0.2) is 14.4 Å². The van der Waals surface area contributed by atoms with Crippen molar-refractivity contribution in [2.45, 2.75) is 51.5 Å². The molecule has 4 rings (SSSR count). The molecule has 3 heterocycles. The Labute approximate surface area is 193 Å². The Hall–Kier alpha value is -3.35. The molecule has 0 bridgehead atoms. The van der Waals surface area contributed by atoms with Crippen molar-refractivity contribution in [1.29, 1.82) is 0 Å². The van der Waals surface area contributed by atoms with Crippen molar-refractivity contribution in [3.05, 3.63) is 71.8 Å². The lowest BCUT2D eigenvalue weighted by Crippen LogP contribution is -2.40. The summed E-state index contributed by atoms with van der Waals surface area (Å²) in [5, 5.41) is 0. The van der Waals surface area contributed by atoms with E-state index in [-0.39, 0.29) is 24.1 Å². The number of nitrogens with zero attached hydrogens (tertiary/aromatic N) is 4. The SMILES string of the molecule is CCCc1ncc(-c2ccncc2)c([C@H]2CCCCN2C(=O)Cc2ccc(OC)c(F)c2)n1. The summed E-state index contributed by atoms with van der Waals surface area (Å²) >= 11 is 0. The molecule has 1 aliphatic rings. The molecule has 172 valence electrons. The maximum absolute atomic E-state index is 14.2. The predicted molar refractivity (Wildman–Crippen MR) is 124 cm³/mol. The number of benzene rings is 1. The fourth-order valence-corrected chi connectivity index (χ4v) is 4.40. The van der Waals surface area contributed by atoms with Crippen LogP contribution in [0.4, 0.5) is 4.39 Å². The Morgan fingerprint density at radius 2 is 2.03 bits per heavy atom. The summed E-state index contributed by atoms with van der Waals surface area (Å²) in [5.41, 5.74) is 3.43. The average molecular weight is 449 g/mol. The standard InChI is InChI=1S/C26H29FN4O2/c1-3-6-24-29-17-20(19-10-12-28-13-11-19)26(30-24)22-7-4-5-14-31(22)25(32)16-18-8-9-23(33-2)21(27)15-18/h8-13,15,17,22H,3-7,14,16H2,1-2H3/t22-/m1/s1. The zero-order valence-electron chi connectivity index (χ0n) is 19.1. The van der Waals surface area contributed by atoms with Gasteiger partial charge in [0.15, 0.2) is 11.6 Å². The van der Waals surface area contributed by atoms with Gasteiger partial charge in [0.2, 0.25) is 5.91 Å². The summed E-state index contributed by atoms with van der Waals surface area (Å²) in [6.45, 7) is 2.76. The zero-order valence-corrected chi connectivity index (χ0v) is 19.1. The number of amides is 1. The number of methoxy groups -OCH3 is 1. The van der Waals surface area contributed by atoms with E-state index in [0.29, 0.717) is 12.1 Å². The van der Waals surface area contributed by atoms with E-state index in [0.717, 1.165) is 54.7 Å². The van der Waals surface area contributed by atoms with Crippen molar-refractivity contribution in [2.24, 2.45) is 0 Å². The summed E-state index contributed by atoms with van der Waals surface area (Å²) < 4.78 is 19.2. The van der Waals surface area contributed by atoms with E-state index in [1.807, 2.05) is 23.2 Å². The maximum Gasteiger partial charge on any atom is 0.227 e. The van der Waals surface area contributed by atoms with Crippen LogP contribution in [-0.2, 0) is 17.6 Å². The van der Waals surface area contributed by atoms with Gasteiger partial charge in [-0.1, -0.05) is 13.0 Å². The molecule has 1 atom stereocenters. The Kier molecular flexibility index (Phi) is 7.27. The molecule has 0 saturated carbocycles. The minimum absolute atomic E-state index is 0.0272. The van der Waals surface area contributed by atoms with Crippen molar-refractivity contribution < 1.29 is 13.9 Å². The second-order valence-corrected chi connectivity index (χ2v) is 8.32. The van der Waals surface area contributed by atoms with Gasteiger partial charge in [-0.3, -0.25) is 9.78 Å². The number of carbonyl (C=O) groups is 1. The number of hydrogen-bond acceptors (Lipinski definition) is 5. The number of halogens is 1. The van der Waals surface area contributed by atoms with Crippen LogP contribution in [-0.4, -0.2) is 39.4 Å². The van der Waals surface area contributed by atoms with Crippen LogP contribution < -0.4 is 4.74 Å². The van der Waals surface area contributed by atoms with Crippen LogP contribution in [0.2, 0.25) is 0 Å². The van der Waals surface area contributed by atoms with E-state index >= 15 is 0 Å². The molecule has 7 heteroatoms. The first-order valence-electron chi connectivity index (χ1n) is 11.5. The molecule has 0 aliphatic carbocycles. The summed E-state index contributed by atoms with van der Waals surface area (Å²) in [7, 11) is 1.43. The summed E-state index contributed by atoms with van der Waals surface area (Å²) in [4.78, 5) is 28.9. The third-order valence-corrected chi connectivity index (χ3v) is 6.04. The number of pyridine rings is 1. The fourth-order valence-electron chi connectivity index (χ4n) is 4.40. The molecule has 0 radical (unpaired) electrons. The Morgan fingerprint density at radius 3 is 2.76 bits per heavy atom. The van der Waals surface area contributed by atoms with Gasteiger partial charge in [-0.05, 0) is 61.1 Å². The summed E-state index contributed by atoms with van der Waals surface area (Å²) in [6, 6.07) is 8.42. The number of ether oxygens (including phenoxy) is 1. The highest BCUT2D eigenvalue weighted by molar-refractivity contribution is 5.80. The van der Waals surface area contributed by atoms with Crippen LogP contribution in [0.3, 0.4) is 0 Å². The van der Waals surface area contributed by atoms with Gasteiger partial charge in [0.25, 0.3) is 0 Å². The minimum Gasteiger partial charge on any atom is -0.494 e. The molecule has 6 nitrogen and oxygen atoms in total. The number of rotatable bonds is 7. The van der Waals surface area contributed by atoms with E-state index in [1.54, 1.807) is 24.5 Å². The lowest BCUT2D eigenvalue weighted by molar-refractivity contribution is -0.134. The van der Waals surface area contributed by atoms with Crippen LogP contribution >= 0.6 is 0 Å². The van der Waals surface area contributed by atoms with E-state index in [1.165, 1.54) is 13.2 Å². The van der Waals surface area contributed by atoms with Gasteiger partial charge in [0.1, 0.15) is 5.82 Å². The smallest absolute Gasteiger partial charge is 0.227 e. The number of likely N-dealkylation sites (tertiary alicyclic amines) is 1. The van der Waals surface area contributed by atoms with Gasteiger partial charge in [0.05, 0.1) is 25.3 Å².